The molecule has 1 N–H and O–H groups in total. The Morgan fingerprint density at radius 1 is 1.00 bits per heavy atom. The fraction of sp³-hybridized carbons (Fsp3) is 0.143. The quantitative estimate of drug-likeness (QED) is 0.405. The van der Waals surface area contributed by atoms with Gasteiger partial charge in [-0.1, -0.05) is 49.1 Å². The van der Waals surface area contributed by atoms with E-state index in [0.717, 1.165) is 11.1 Å². The van der Waals surface area contributed by atoms with Crippen LogP contribution in [0.5, 0.6) is 11.5 Å². The van der Waals surface area contributed by atoms with E-state index in [4.69, 9.17) is 9.47 Å². The molecule has 0 aliphatic heterocycles. The van der Waals surface area contributed by atoms with Crippen LogP contribution < -0.4 is 14.9 Å². The van der Waals surface area contributed by atoms with Crippen molar-refractivity contribution < 1.29 is 14.3 Å². The molecule has 5 heteroatoms. The molecule has 2 aromatic rings. The summed E-state index contributed by atoms with van der Waals surface area (Å²) in [6.45, 7) is 7.61. The van der Waals surface area contributed by atoms with Crippen molar-refractivity contribution in [3.63, 3.8) is 0 Å². The minimum atomic E-state index is -0.348. The molecule has 0 bridgehead atoms. The summed E-state index contributed by atoms with van der Waals surface area (Å²) in [6.07, 6.45) is 5.66. The molecule has 134 valence electrons. The summed E-state index contributed by atoms with van der Waals surface area (Å²) >= 11 is 0. The summed E-state index contributed by atoms with van der Waals surface area (Å²) in [5, 5.41) is 3.95. The van der Waals surface area contributed by atoms with Crippen molar-refractivity contribution >= 4 is 12.1 Å². The SMILES string of the molecule is C=CCOc1ccccc1/C=N/NC(=O)COc1ccccc1CC=C. The van der Waals surface area contributed by atoms with Gasteiger partial charge in [0.25, 0.3) is 5.91 Å². The third-order valence-corrected chi connectivity index (χ3v) is 3.36. The number of ether oxygens (including phenoxy) is 2. The normalized spacial score (nSPS) is 10.3. The zero-order valence-corrected chi connectivity index (χ0v) is 14.6. The van der Waals surface area contributed by atoms with Gasteiger partial charge in [-0.2, -0.15) is 5.10 Å². The van der Waals surface area contributed by atoms with Gasteiger partial charge in [0.15, 0.2) is 6.61 Å². The Labute approximate surface area is 153 Å². The van der Waals surface area contributed by atoms with E-state index in [1.165, 1.54) is 6.21 Å². The number of benzene rings is 2. The van der Waals surface area contributed by atoms with E-state index in [1.54, 1.807) is 12.2 Å². The van der Waals surface area contributed by atoms with Crippen molar-refractivity contribution in [2.75, 3.05) is 13.2 Å². The van der Waals surface area contributed by atoms with Crippen LogP contribution in [0.15, 0.2) is 78.9 Å². The van der Waals surface area contributed by atoms with E-state index in [1.807, 2.05) is 48.5 Å². The first-order valence-corrected chi connectivity index (χ1v) is 8.21. The maximum Gasteiger partial charge on any atom is 0.277 e. The van der Waals surface area contributed by atoms with Gasteiger partial charge in [-0.15, -0.1) is 6.58 Å². The predicted octanol–water partition coefficient (Wildman–Crippen LogP) is 3.51. The second kappa shape index (κ2) is 10.5. The molecule has 0 aliphatic carbocycles. The lowest BCUT2D eigenvalue weighted by molar-refractivity contribution is -0.123. The molecule has 5 nitrogen and oxygen atoms in total. The Hall–Kier alpha value is -3.34. The van der Waals surface area contributed by atoms with Crippen molar-refractivity contribution in [2.24, 2.45) is 5.10 Å². The van der Waals surface area contributed by atoms with E-state index >= 15 is 0 Å². The summed E-state index contributed by atoms with van der Waals surface area (Å²) in [6, 6.07) is 14.9. The van der Waals surface area contributed by atoms with Crippen LogP contribution >= 0.6 is 0 Å². The van der Waals surface area contributed by atoms with Crippen LogP contribution in [0.4, 0.5) is 0 Å². The minimum absolute atomic E-state index is 0.125. The number of hydrogen-bond acceptors (Lipinski definition) is 4. The van der Waals surface area contributed by atoms with Gasteiger partial charge in [0.1, 0.15) is 18.1 Å². The van der Waals surface area contributed by atoms with Crippen LogP contribution in [-0.4, -0.2) is 25.3 Å². The van der Waals surface area contributed by atoms with Crippen LogP contribution in [0.25, 0.3) is 0 Å². The lowest BCUT2D eigenvalue weighted by atomic mass is 10.1. The second-order valence-electron chi connectivity index (χ2n) is 5.32. The molecule has 0 radical (unpaired) electrons. The number of carbonyl (C=O) groups excluding carboxylic acids is 1. The number of hydrogen-bond donors (Lipinski definition) is 1. The van der Waals surface area contributed by atoms with Crippen LogP contribution in [0.1, 0.15) is 11.1 Å². The summed E-state index contributed by atoms with van der Waals surface area (Å²) < 4.78 is 11.1. The van der Waals surface area contributed by atoms with Crippen molar-refractivity contribution in [1.82, 2.24) is 5.43 Å². The number of amides is 1. The summed E-state index contributed by atoms with van der Waals surface area (Å²) in [5.74, 6) is 0.980. The molecule has 0 atom stereocenters. The lowest BCUT2D eigenvalue weighted by Gasteiger charge is -2.09. The standard InChI is InChI=1S/C21H22N2O3/c1-3-9-17-10-5-7-12-19(17)26-16-21(24)23-22-15-18-11-6-8-13-20(18)25-14-4-2/h3-8,10-13,15H,1-2,9,14,16H2,(H,23,24)/b22-15+. The van der Waals surface area contributed by atoms with Crippen LogP contribution in [0, 0.1) is 0 Å². The molecular weight excluding hydrogens is 328 g/mol. The minimum Gasteiger partial charge on any atom is -0.489 e. The van der Waals surface area contributed by atoms with E-state index in [2.05, 4.69) is 23.7 Å². The highest BCUT2D eigenvalue weighted by Crippen LogP contribution is 2.18. The molecule has 0 saturated heterocycles. The number of para-hydroxylation sites is 2. The fourth-order valence-electron chi connectivity index (χ4n) is 2.19. The molecule has 0 heterocycles. The molecule has 2 aromatic carbocycles. The molecule has 26 heavy (non-hydrogen) atoms. The molecule has 1 amide bonds. The fourth-order valence-corrected chi connectivity index (χ4v) is 2.19. The summed E-state index contributed by atoms with van der Waals surface area (Å²) in [5.41, 5.74) is 4.18. The maximum absolute atomic E-state index is 11.9. The smallest absolute Gasteiger partial charge is 0.277 e. The summed E-state index contributed by atoms with van der Waals surface area (Å²) in [7, 11) is 0. The monoisotopic (exact) mass is 350 g/mol. The maximum atomic E-state index is 11.9. The largest absolute Gasteiger partial charge is 0.489 e. The van der Waals surface area contributed by atoms with E-state index < -0.39 is 0 Å². The van der Waals surface area contributed by atoms with Gasteiger partial charge < -0.3 is 9.47 Å². The van der Waals surface area contributed by atoms with E-state index in [-0.39, 0.29) is 12.5 Å². The van der Waals surface area contributed by atoms with Crippen LogP contribution in [0.3, 0.4) is 0 Å². The van der Waals surface area contributed by atoms with Crippen LogP contribution in [-0.2, 0) is 11.2 Å². The van der Waals surface area contributed by atoms with Gasteiger partial charge in [-0.25, -0.2) is 5.43 Å². The number of nitrogens with zero attached hydrogens (tertiary/aromatic N) is 1. The van der Waals surface area contributed by atoms with Crippen molar-refractivity contribution in [3.8, 4) is 11.5 Å². The average molecular weight is 350 g/mol. The highest BCUT2D eigenvalue weighted by molar-refractivity contribution is 5.85. The lowest BCUT2D eigenvalue weighted by Crippen LogP contribution is -2.24. The zero-order valence-electron chi connectivity index (χ0n) is 14.6. The number of rotatable bonds is 10. The van der Waals surface area contributed by atoms with Crippen molar-refractivity contribution in [1.29, 1.82) is 0 Å². The highest BCUT2D eigenvalue weighted by atomic mass is 16.5. The Balaban J connectivity index is 1.88. The van der Waals surface area contributed by atoms with Gasteiger partial charge in [-0.05, 0) is 30.2 Å². The third-order valence-electron chi connectivity index (χ3n) is 3.36. The van der Waals surface area contributed by atoms with E-state index in [9.17, 15) is 4.79 Å². The molecule has 0 unspecified atom stereocenters. The predicted molar refractivity (Wildman–Crippen MR) is 104 cm³/mol. The second-order valence-corrected chi connectivity index (χ2v) is 5.32. The highest BCUT2D eigenvalue weighted by Gasteiger charge is 2.05. The number of hydrazone groups is 1. The molecule has 0 fully saturated rings. The Bertz CT molecular complexity index is 784. The van der Waals surface area contributed by atoms with Gasteiger partial charge >= 0.3 is 0 Å². The zero-order chi connectivity index (χ0) is 18.6. The first-order chi connectivity index (χ1) is 12.7. The Morgan fingerprint density at radius 2 is 1.73 bits per heavy atom. The first-order valence-electron chi connectivity index (χ1n) is 8.21. The van der Waals surface area contributed by atoms with Gasteiger partial charge in [0.2, 0.25) is 0 Å². The third kappa shape index (κ3) is 5.94. The van der Waals surface area contributed by atoms with Gasteiger partial charge in [-0.3, -0.25) is 4.79 Å². The molecule has 0 saturated carbocycles. The summed E-state index contributed by atoms with van der Waals surface area (Å²) in [4.78, 5) is 11.9. The van der Waals surface area contributed by atoms with E-state index in [0.29, 0.717) is 24.5 Å². The Morgan fingerprint density at radius 3 is 2.50 bits per heavy atom. The number of carbonyl (C=O) groups is 1. The Kier molecular flexibility index (Phi) is 7.68. The number of nitrogens with one attached hydrogen (secondary N) is 1. The first kappa shape index (κ1) is 19.0. The van der Waals surface area contributed by atoms with Gasteiger partial charge in [0, 0.05) is 5.56 Å². The molecule has 0 aromatic heterocycles. The molecule has 0 aliphatic rings. The molecule has 0 spiro atoms. The number of allylic oxidation sites excluding steroid dienone is 1. The van der Waals surface area contributed by atoms with Gasteiger partial charge in [0.05, 0.1) is 6.21 Å². The van der Waals surface area contributed by atoms with Crippen molar-refractivity contribution in [2.45, 2.75) is 6.42 Å². The molecule has 2 rings (SSSR count). The average Bonchev–Trinajstić information content (AvgIpc) is 2.67. The van der Waals surface area contributed by atoms with Crippen LogP contribution in [0.2, 0.25) is 0 Å². The molecular formula is C21H22N2O3. The topological polar surface area (TPSA) is 59.9 Å². The van der Waals surface area contributed by atoms with Crippen molar-refractivity contribution in [3.05, 3.63) is 85.0 Å².